The second-order valence-corrected chi connectivity index (χ2v) is 7.71. The summed E-state index contributed by atoms with van der Waals surface area (Å²) < 4.78 is 75.4. The number of benzene rings is 2. The SMILES string of the molecule is CC[C@@H](C)Oc1ccc(Br)cc1/C=C1\C(=O)N(c2c(F)c(F)c(F)c(F)c2F)N=C1C. The van der Waals surface area contributed by atoms with Gasteiger partial charge in [-0.05, 0) is 44.5 Å². The average molecular weight is 503 g/mol. The number of hydrogen-bond donors (Lipinski definition) is 0. The fraction of sp³-hybridized carbons (Fsp3) is 0.238. The van der Waals surface area contributed by atoms with Crippen LogP contribution >= 0.6 is 15.9 Å². The molecule has 1 aliphatic rings. The average Bonchev–Trinajstić information content (AvgIpc) is 3.00. The fourth-order valence-corrected chi connectivity index (χ4v) is 3.19. The Morgan fingerprint density at radius 2 is 1.68 bits per heavy atom. The number of hydrazone groups is 1. The smallest absolute Gasteiger partial charge is 0.280 e. The summed E-state index contributed by atoms with van der Waals surface area (Å²) in [6.45, 7) is 5.17. The third kappa shape index (κ3) is 4.21. The van der Waals surface area contributed by atoms with Crippen LogP contribution in [0.2, 0.25) is 0 Å². The van der Waals surface area contributed by atoms with Gasteiger partial charge in [-0.2, -0.15) is 10.1 Å². The van der Waals surface area contributed by atoms with Gasteiger partial charge in [0.25, 0.3) is 5.91 Å². The summed E-state index contributed by atoms with van der Waals surface area (Å²) in [5.41, 5.74) is -1.03. The van der Waals surface area contributed by atoms with Crippen LogP contribution in [0.3, 0.4) is 0 Å². The van der Waals surface area contributed by atoms with Crippen molar-refractivity contribution in [1.29, 1.82) is 0 Å². The molecule has 0 N–H and O–H groups in total. The summed E-state index contributed by atoms with van der Waals surface area (Å²) in [4.78, 5) is 12.8. The largest absolute Gasteiger partial charge is 0.490 e. The number of carbonyl (C=O) groups excluding carboxylic acids is 1. The Morgan fingerprint density at radius 3 is 2.26 bits per heavy atom. The molecule has 164 valence electrons. The first kappa shape index (κ1) is 22.9. The molecule has 4 nitrogen and oxygen atoms in total. The van der Waals surface area contributed by atoms with Gasteiger partial charge < -0.3 is 4.74 Å². The molecular weight excluding hydrogens is 487 g/mol. The molecular formula is C21H16BrF5N2O2. The highest BCUT2D eigenvalue weighted by Crippen LogP contribution is 2.35. The standard InChI is InChI=1S/C21H16BrF5N2O2/c1-4-9(2)31-14-6-5-12(22)7-11(14)8-13-10(3)28-29(21(13)30)20-18(26)16(24)15(23)17(25)19(20)27/h5-9H,4H2,1-3H3/b13-8-/t9-/m1/s1. The van der Waals surface area contributed by atoms with Crippen molar-refractivity contribution in [3.05, 3.63) is 62.9 Å². The van der Waals surface area contributed by atoms with Crippen LogP contribution in [0, 0.1) is 29.1 Å². The summed E-state index contributed by atoms with van der Waals surface area (Å²) >= 11 is 3.32. The van der Waals surface area contributed by atoms with Crippen molar-refractivity contribution in [2.75, 3.05) is 5.01 Å². The number of carbonyl (C=O) groups is 1. The van der Waals surface area contributed by atoms with Gasteiger partial charge in [-0.3, -0.25) is 4.79 Å². The zero-order valence-corrected chi connectivity index (χ0v) is 18.2. The van der Waals surface area contributed by atoms with Gasteiger partial charge in [-0.25, -0.2) is 22.0 Å². The molecule has 31 heavy (non-hydrogen) atoms. The molecule has 0 aliphatic carbocycles. The summed E-state index contributed by atoms with van der Waals surface area (Å²) in [5.74, 6) is -11.5. The van der Waals surface area contributed by atoms with E-state index in [0.29, 0.717) is 15.8 Å². The molecule has 0 bridgehead atoms. The van der Waals surface area contributed by atoms with Crippen molar-refractivity contribution in [2.24, 2.45) is 5.10 Å². The Kier molecular flexibility index (Phi) is 6.49. The molecule has 0 radical (unpaired) electrons. The highest BCUT2D eigenvalue weighted by molar-refractivity contribution is 9.10. The number of ether oxygens (including phenoxy) is 1. The number of amides is 1. The van der Waals surface area contributed by atoms with Gasteiger partial charge in [0.15, 0.2) is 23.3 Å². The molecule has 0 aromatic heterocycles. The third-order valence-electron chi connectivity index (χ3n) is 4.64. The minimum absolute atomic E-state index is 0.0309. The van der Waals surface area contributed by atoms with Crippen LogP contribution in [0.1, 0.15) is 32.8 Å². The van der Waals surface area contributed by atoms with Crippen molar-refractivity contribution in [3.63, 3.8) is 0 Å². The van der Waals surface area contributed by atoms with Gasteiger partial charge in [0.2, 0.25) is 5.82 Å². The summed E-state index contributed by atoms with van der Waals surface area (Å²) in [7, 11) is 0. The van der Waals surface area contributed by atoms with Gasteiger partial charge >= 0.3 is 0 Å². The molecule has 10 heteroatoms. The van der Waals surface area contributed by atoms with E-state index >= 15 is 0 Å². The number of rotatable bonds is 5. The molecule has 1 atom stereocenters. The van der Waals surface area contributed by atoms with Crippen LogP contribution < -0.4 is 9.75 Å². The summed E-state index contributed by atoms with van der Waals surface area (Å²) in [5, 5.41) is 3.90. The second-order valence-electron chi connectivity index (χ2n) is 6.80. The first-order valence-corrected chi connectivity index (χ1v) is 9.95. The number of halogens is 6. The summed E-state index contributed by atoms with van der Waals surface area (Å²) in [6.07, 6.45) is 1.98. The van der Waals surface area contributed by atoms with E-state index in [1.54, 1.807) is 18.2 Å². The zero-order chi connectivity index (χ0) is 23.0. The predicted octanol–water partition coefficient (Wildman–Crippen LogP) is 6.13. The lowest BCUT2D eigenvalue weighted by Crippen LogP contribution is -2.25. The van der Waals surface area contributed by atoms with E-state index in [-0.39, 0.29) is 22.4 Å². The minimum Gasteiger partial charge on any atom is -0.490 e. The minimum atomic E-state index is -2.32. The van der Waals surface area contributed by atoms with E-state index in [1.165, 1.54) is 13.0 Å². The van der Waals surface area contributed by atoms with E-state index in [0.717, 1.165) is 6.42 Å². The van der Waals surface area contributed by atoms with E-state index in [9.17, 15) is 26.7 Å². The van der Waals surface area contributed by atoms with Crippen LogP contribution in [0.4, 0.5) is 27.6 Å². The Morgan fingerprint density at radius 1 is 1.10 bits per heavy atom. The Hall–Kier alpha value is -2.75. The number of anilines is 1. The molecule has 3 rings (SSSR count). The second kappa shape index (κ2) is 8.78. The predicted molar refractivity (Wildman–Crippen MR) is 109 cm³/mol. The molecule has 1 amide bonds. The van der Waals surface area contributed by atoms with Gasteiger partial charge in [-0.15, -0.1) is 0 Å². The van der Waals surface area contributed by atoms with Crippen LogP contribution in [0.15, 0.2) is 33.3 Å². The van der Waals surface area contributed by atoms with Crippen molar-refractivity contribution in [3.8, 4) is 5.75 Å². The molecule has 0 saturated carbocycles. The topological polar surface area (TPSA) is 41.9 Å². The molecule has 0 fully saturated rings. The van der Waals surface area contributed by atoms with Crippen molar-refractivity contribution in [1.82, 2.24) is 0 Å². The number of nitrogens with zero attached hydrogens (tertiary/aromatic N) is 2. The monoisotopic (exact) mass is 502 g/mol. The van der Waals surface area contributed by atoms with Crippen molar-refractivity contribution >= 4 is 39.3 Å². The lowest BCUT2D eigenvalue weighted by molar-refractivity contribution is -0.114. The molecule has 0 saturated heterocycles. The van der Waals surface area contributed by atoms with E-state index < -0.39 is 40.7 Å². The van der Waals surface area contributed by atoms with Crippen LogP contribution in [-0.2, 0) is 4.79 Å². The molecule has 2 aromatic carbocycles. The van der Waals surface area contributed by atoms with Crippen LogP contribution in [0.5, 0.6) is 5.75 Å². The lowest BCUT2D eigenvalue weighted by atomic mass is 10.1. The normalized spacial score (nSPS) is 16.2. The molecule has 0 spiro atoms. The zero-order valence-electron chi connectivity index (χ0n) is 16.6. The van der Waals surface area contributed by atoms with Gasteiger partial charge in [-0.1, -0.05) is 22.9 Å². The van der Waals surface area contributed by atoms with Gasteiger partial charge in [0.05, 0.1) is 17.4 Å². The molecule has 1 heterocycles. The third-order valence-corrected chi connectivity index (χ3v) is 5.13. The molecule has 1 aliphatic heterocycles. The van der Waals surface area contributed by atoms with E-state index in [1.807, 2.05) is 13.8 Å². The van der Waals surface area contributed by atoms with Gasteiger partial charge in [0, 0.05) is 10.0 Å². The Bertz CT molecular complexity index is 1100. The van der Waals surface area contributed by atoms with E-state index in [4.69, 9.17) is 4.74 Å². The van der Waals surface area contributed by atoms with Crippen LogP contribution in [0.25, 0.3) is 6.08 Å². The van der Waals surface area contributed by atoms with Gasteiger partial charge in [0.1, 0.15) is 11.4 Å². The Labute approximate surface area is 183 Å². The maximum absolute atomic E-state index is 14.2. The lowest BCUT2D eigenvalue weighted by Gasteiger charge is -2.16. The fourth-order valence-electron chi connectivity index (χ4n) is 2.81. The highest BCUT2D eigenvalue weighted by atomic mass is 79.9. The van der Waals surface area contributed by atoms with Crippen LogP contribution in [-0.4, -0.2) is 17.7 Å². The van der Waals surface area contributed by atoms with Crippen molar-refractivity contribution in [2.45, 2.75) is 33.3 Å². The number of hydrogen-bond acceptors (Lipinski definition) is 3. The maximum atomic E-state index is 14.2. The molecule has 0 unspecified atom stereocenters. The Balaban J connectivity index is 2.08. The van der Waals surface area contributed by atoms with E-state index in [2.05, 4.69) is 21.0 Å². The molecule has 2 aromatic rings. The summed E-state index contributed by atoms with van der Waals surface area (Å²) in [6, 6.07) is 5.07. The van der Waals surface area contributed by atoms with Crippen molar-refractivity contribution < 1.29 is 31.5 Å². The quantitative estimate of drug-likeness (QED) is 0.213. The maximum Gasteiger partial charge on any atom is 0.280 e. The highest BCUT2D eigenvalue weighted by Gasteiger charge is 2.37. The first-order chi connectivity index (χ1) is 14.6. The first-order valence-electron chi connectivity index (χ1n) is 9.16.